The number of Topliss-reactive ketones (excluding diaryl/α,β-unsaturated/α-hetero) is 3. The summed E-state index contributed by atoms with van der Waals surface area (Å²) >= 11 is 0. The van der Waals surface area contributed by atoms with Crippen molar-refractivity contribution in [3.8, 4) is 0 Å². The Morgan fingerprint density at radius 3 is 2.20 bits per heavy atom. The topological polar surface area (TPSA) is 51.2 Å². The molecule has 1 saturated carbocycles. The first-order valence-corrected chi connectivity index (χ1v) is 7.01. The van der Waals surface area contributed by atoms with E-state index in [0.717, 1.165) is 5.56 Å². The van der Waals surface area contributed by atoms with E-state index in [2.05, 4.69) is 0 Å². The molecule has 1 fully saturated rings. The summed E-state index contributed by atoms with van der Waals surface area (Å²) in [7, 11) is 0. The molecule has 1 aromatic carbocycles. The third-order valence-corrected chi connectivity index (χ3v) is 3.77. The lowest BCUT2D eigenvalue weighted by Crippen LogP contribution is -2.41. The van der Waals surface area contributed by atoms with Gasteiger partial charge in [-0.25, -0.2) is 0 Å². The van der Waals surface area contributed by atoms with Crippen LogP contribution in [0.25, 0.3) is 0 Å². The SMILES string of the molecule is CC1(C)CC(=O)C(C(=O)CCc2ccccc2)C(=O)C1. The minimum atomic E-state index is -1.01. The molecule has 1 aromatic rings. The Kier molecular flexibility index (Phi) is 4.17. The van der Waals surface area contributed by atoms with Gasteiger partial charge in [0.2, 0.25) is 0 Å². The Labute approximate surface area is 119 Å². The first-order chi connectivity index (χ1) is 9.39. The van der Waals surface area contributed by atoms with E-state index in [1.165, 1.54) is 0 Å². The normalized spacial score (nSPS) is 19.1. The average molecular weight is 272 g/mol. The van der Waals surface area contributed by atoms with E-state index in [9.17, 15) is 14.4 Å². The molecule has 1 aliphatic rings. The van der Waals surface area contributed by atoms with Crippen LogP contribution in [0.5, 0.6) is 0 Å². The highest BCUT2D eigenvalue weighted by atomic mass is 16.2. The maximum absolute atomic E-state index is 12.2. The average Bonchev–Trinajstić information content (AvgIpc) is 2.35. The molecule has 0 saturated heterocycles. The highest BCUT2D eigenvalue weighted by molar-refractivity contribution is 6.20. The van der Waals surface area contributed by atoms with Crippen LogP contribution in [0.4, 0.5) is 0 Å². The Hall–Kier alpha value is -1.77. The molecule has 0 N–H and O–H groups in total. The first kappa shape index (κ1) is 14.6. The minimum Gasteiger partial charge on any atom is -0.298 e. The van der Waals surface area contributed by atoms with Crippen molar-refractivity contribution in [2.24, 2.45) is 11.3 Å². The summed E-state index contributed by atoms with van der Waals surface area (Å²) in [6.07, 6.45) is 1.48. The Balaban J connectivity index is 1.99. The third-order valence-electron chi connectivity index (χ3n) is 3.77. The fraction of sp³-hybridized carbons (Fsp3) is 0.471. The van der Waals surface area contributed by atoms with Crippen molar-refractivity contribution in [2.75, 3.05) is 0 Å². The maximum atomic E-state index is 12.2. The monoisotopic (exact) mass is 272 g/mol. The molecule has 3 nitrogen and oxygen atoms in total. The zero-order chi connectivity index (χ0) is 14.8. The number of hydrogen-bond acceptors (Lipinski definition) is 3. The summed E-state index contributed by atoms with van der Waals surface area (Å²) in [6, 6.07) is 9.64. The molecule has 0 atom stereocenters. The summed E-state index contributed by atoms with van der Waals surface area (Å²) in [5, 5.41) is 0. The number of rotatable bonds is 4. The lowest BCUT2D eigenvalue weighted by atomic mass is 9.70. The van der Waals surface area contributed by atoms with E-state index in [1.54, 1.807) is 0 Å². The van der Waals surface area contributed by atoms with E-state index in [-0.39, 0.29) is 29.2 Å². The van der Waals surface area contributed by atoms with Crippen LogP contribution >= 0.6 is 0 Å². The van der Waals surface area contributed by atoms with Crippen molar-refractivity contribution in [1.29, 1.82) is 0 Å². The van der Waals surface area contributed by atoms with Crippen molar-refractivity contribution in [3.63, 3.8) is 0 Å². The van der Waals surface area contributed by atoms with Crippen LogP contribution < -0.4 is 0 Å². The van der Waals surface area contributed by atoms with Gasteiger partial charge in [0, 0.05) is 19.3 Å². The number of hydrogen-bond donors (Lipinski definition) is 0. The number of ketones is 3. The van der Waals surface area contributed by atoms with Crippen LogP contribution in [0.15, 0.2) is 30.3 Å². The molecule has 3 heteroatoms. The quantitative estimate of drug-likeness (QED) is 0.792. The summed E-state index contributed by atoms with van der Waals surface area (Å²) in [4.78, 5) is 36.2. The Morgan fingerprint density at radius 1 is 1.10 bits per heavy atom. The molecule has 0 spiro atoms. The first-order valence-electron chi connectivity index (χ1n) is 7.01. The third kappa shape index (κ3) is 3.41. The molecular formula is C17H20O3. The van der Waals surface area contributed by atoms with Gasteiger partial charge in [0.1, 0.15) is 5.92 Å². The van der Waals surface area contributed by atoms with Gasteiger partial charge in [-0.05, 0) is 17.4 Å². The number of carbonyl (C=O) groups is 3. The minimum absolute atomic E-state index is 0.204. The van der Waals surface area contributed by atoms with Gasteiger partial charge < -0.3 is 0 Å². The van der Waals surface area contributed by atoms with Gasteiger partial charge in [-0.2, -0.15) is 0 Å². The van der Waals surface area contributed by atoms with Gasteiger partial charge in [-0.1, -0.05) is 44.2 Å². The van der Waals surface area contributed by atoms with Crippen LogP contribution in [-0.4, -0.2) is 17.3 Å². The van der Waals surface area contributed by atoms with E-state index in [1.807, 2.05) is 44.2 Å². The van der Waals surface area contributed by atoms with Gasteiger partial charge in [0.15, 0.2) is 17.3 Å². The lowest BCUT2D eigenvalue weighted by Gasteiger charge is -2.31. The maximum Gasteiger partial charge on any atom is 0.151 e. The molecular weight excluding hydrogens is 252 g/mol. The highest BCUT2D eigenvalue weighted by Gasteiger charge is 2.42. The molecule has 20 heavy (non-hydrogen) atoms. The van der Waals surface area contributed by atoms with Crippen LogP contribution in [0.2, 0.25) is 0 Å². The second-order valence-corrected chi connectivity index (χ2v) is 6.34. The molecule has 0 unspecified atom stereocenters. The van der Waals surface area contributed by atoms with E-state index in [0.29, 0.717) is 19.3 Å². The van der Waals surface area contributed by atoms with Crippen LogP contribution in [0.1, 0.15) is 38.7 Å². The summed E-state index contributed by atoms with van der Waals surface area (Å²) in [6.45, 7) is 3.79. The van der Waals surface area contributed by atoms with Crippen molar-refractivity contribution < 1.29 is 14.4 Å². The molecule has 0 bridgehead atoms. The fourth-order valence-corrected chi connectivity index (χ4v) is 2.81. The predicted molar refractivity (Wildman–Crippen MR) is 76.3 cm³/mol. The van der Waals surface area contributed by atoms with Crippen molar-refractivity contribution in [3.05, 3.63) is 35.9 Å². The number of carbonyl (C=O) groups excluding carboxylic acids is 3. The van der Waals surface area contributed by atoms with Gasteiger partial charge in [-0.15, -0.1) is 0 Å². The van der Waals surface area contributed by atoms with E-state index in [4.69, 9.17) is 0 Å². The van der Waals surface area contributed by atoms with Gasteiger partial charge in [0.05, 0.1) is 0 Å². The Morgan fingerprint density at radius 2 is 1.65 bits per heavy atom. The van der Waals surface area contributed by atoms with Gasteiger partial charge in [-0.3, -0.25) is 14.4 Å². The number of aryl methyl sites for hydroxylation is 1. The van der Waals surface area contributed by atoms with Crippen molar-refractivity contribution >= 4 is 17.3 Å². The lowest BCUT2D eigenvalue weighted by molar-refractivity contribution is -0.145. The van der Waals surface area contributed by atoms with Crippen molar-refractivity contribution in [2.45, 2.75) is 39.5 Å². The zero-order valence-corrected chi connectivity index (χ0v) is 12.0. The second kappa shape index (κ2) is 5.70. The smallest absolute Gasteiger partial charge is 0.151 e. The number of benzene rings is 1. The predicted octanol–water partition coefficient (Wildman–Crippen LogP) is 2.76. The molecule has 0 amide bonds. The summed E-state index contributed by atoms with van der Waals surface area (Å²) in [5.74, 6) is -1.64. The standard InChI is InChI=1S/C17H20O3/c1-17(2)10-14(19)16(15(20)11-17)13(18)9-8-12-6-4-3-5-7-12/h3-7,16H,8-11H2,1-2H3. The molecule has 0 aromatic heterocycles. The van der Waals surface area contributed by atoms with E-state index < -0.39 is 5.92 Å². The largest absolute Gasteiger partial charge is 0.298 e. The zero-order valence-electron chi connectivity index (χ0n) is 12.0. The summed E-state index contributed by atoms with van der Waals surface area (Å²) < 4.78 is 0. The Bertz CT molecular complexity index is 508. The molecule has 1 aliphatic carbocycles. The van der Waals surface area contributed by atoms with Crippen molar-refractivity contribution in [1.82, 2.24) is 0 Å². The van der Waals surface area contributed by atoms with E-state index >= 15 is 0 Å². The molecule has 0 radical (unpaired) electrons. The van der Waals surface area contributed by atoms with Crippen LogP contribution in [0, 0.1) is 11.3 Å². The van der Waals surface area contributed by atoms with Crippen LogP contribution in [0.3, 0.4) is 0 Å². The molecule has 0 aliphatic heterocycles. The summed E-state index contributed by atoms with van der Waals surface area (Å²) in [5.41, 5.74) is 0.751. The highest BCUT2D eigenvalue weighted by Crippen LogP contribution is 2.34. The van der Waals surface area contributed by atoms with Gasteiger partial charge >= 0.3 is 0 Å². The van der Waals surface area contributed by atoms with Gasteiger partial charge in [0.25, 0.3) is 0 Å². The van der Waals surface area contributed by atoms with Crippen LogP contribution in [-0.2, 0) is 20.8 Å². The molecule has 0 heterocycles. The second-order valence-electron chi connectivity index (χ2n) is 6.34. The molecule has 2 rings (SSSR count). The molecule has 106 valence electrons. The fourth-order valence-electron chi connectivity index (χ4n) is 2.81.